The van der Waals surface area contributed by atoms with Gasteiger partial charge >= 0.3 is 0 Å². The van der Waals surface area contributed by atoms with Gasteiger partial charge in [0, 0.05) is 11.3 Å². The number of rotatable bonds is 11. The van der Waals surface area contributed by atoms with Crippen LogP contribution in [0.25, 0.3) is 0 Å². The number of hydrogen-bond donors (Lipinski definition) is 0. The molecule has 2 heteroatoms. The molecule has 18 heavy (non-hydrogen) atoms. The van der Waals surface area contributed by atoms with Crippen LogP contribution < -0.4 is 0 Å². The first kappa shape index (κ1) is 17.8. The topological polar surface area (TPSA) is 23.8 Å². The van der Waals surface area contributed by atoms with Gasteiger partial charge in [0.25, 0.3) is 0 Å². The molecule has 106 valence electrons. The SMILES string of the molecule is CCCCCCCCC(CCCC#N)C(C)(C)Cl. The van der Waals surface area contributed by atoms with Gasteiger partial charge in [0.1, 0.15) is 0 Å². The second kappa shape index (κ2) is 10.7. The number of nitriles is 1. The van der Waals surface area contributed by atoms with E-state index in [-0.39, 0.29) is 4.87 Å². The monoisotopic (exact) mass is 271 g/mol. The fourth-order valence-corrected chi connectivity index (χ4v) is 2.65. The average molecular weight is 272 g/mol. The van der Waals surface area contributed by atoms with Crippen LogP contribution in [0.3, 0.4) is 0 Å². The van der Waals surface area contributed by atoms with Crippen LogP contribution in [-0.2, 0) is 0 Å². The van der Waals surface area contributed by atoms with Gasteiger partial charge in [-0.2, -0.15) is 5.26 Å². The van der Waals surface area contributed by atoms with E-state index in [1.807, 2.05) is 0 Å². The molecule has 0 aromatic rings. The van der Waals surface area contributed by atoms with Gasteiger partial charge < -0.3 is 0 Å². The van der Waals surface area contributed by atoms with E-state index in [9.17, 15) is 0 Å². The van der Waals surface area contributed by atoms with Gasteiger partial charge in [0.2, 0.25) is 0 Å². The number of nitrogens with zero attached hydrogens (tertiary/aromatic N) is 1. The predicted molar refractivity (Wildman–Crippen MR) is 80.9 cm³/mol. The third kappa shape index (κ3) is 9.77. The molecule has 0 aliphatic heterocycles. The lowest BCUT2D eigenvalue weighted by molar-refractivity contribution is 0.341. The van der Waals surface area contributed by atoms with Crippen LogP contribution in [0.15, 0.2) is 0 Å². The maximum atomic E-state index is 8.60. The molecule has 1 unspecified atom stereocenters. The van der Waals surface area contributed by atoms with E-state index < -0.39 is 0 Å². The van der Waals surface area contributed by atoms with Crippen LogP contribution in [0.5, 0.6) is 0 Å². The lowest BCUT2D eigenvalue weighted by Crippen LogP contribution is -2.24. The van der Waals surface area contributed by atoms with E-state index in [1.54, 1.807) is 0 Å². The van der Waals surface area contributed by atoms with Crippen molar-refractivity contribution in [1.29, 1.82) is 5.26 Å². The maximum Gasteiger partial charge on any atom is 0.0621 e. The molecule has 0 radical (unpaired) electrons. The zero-order chi connectivity index (χ0) is 13.9. The molecule has 0 fully saturated rings. The molecule has 0 bridgehead atoms. The van der Waals surface area contributed by atoms with Crippen LogP contribution in [-0.4, -0.2) is 4.87 Å². The Balaban J connectivity index is 3.78. The zero-order valence-corrected chi connectivity index (χ0v) is 13.2. The van der Waals surface area contributed by atoms with Crippen molar-refractivity contribution in [3.05, 3.63) is 0 Å². The smallest absolute Gasteiger partial charge is 0.0621 e. The van der Waals surface area contributed by atoms with Crippen molar-refractivity contribution in [1.82, 2.24) is 0 Å². The van der Waals surface area contributed by atoms with Gasteiger partial charge in [-0.25, -0.2) is 0 Å². The van der Waals surface area contributed by atoms with E-state index in [0.717, 1.165) is 12.8 Å². The molecule has 0 heterocycles. The summed E-state index contributed by atoms with van der Waals surface area (Å²) in [5, 5.41) is 8.60. The Morgan fingerprint density at radius 3 is 2.11 bits per heavy atom. The zero-order valence-electron chi connectivity index (χ0n) is 12.5. The van der Waals surface area contributed by atoms with Crippen molar-refractivity contribution < 1.29 is 0 Å². The van der Waals surface area contributed by atoms with Crippen molar-refractivity contribution >= 4 is 11.6 Å². The minimum Gasteiger partial charge on any atom is -0.198 e. The summed E-state index contributed by atoms with van der Waals surface area (Å²) in [5.74, 6) is 0.554. The Kier molecular flexibility index (Phi) is 10.5. The van der Waals surface area contributed by atoms with Gasteiger partial charge in [-0.15, -0.1) is 11.6 Å². The summed E-state index contributed by atoms with van der Waals surface area (Å²) in [5.41, 5.74) is 0. The summed E-state index contributed by atoms with van der Waals surface area (Å²) in [6.07, 6.45) is 12.0. The van der Waals surface area contributed by atoms with E-state index >= 15 is 0 Å². The predicted octanol–water partition coefficient (Wildman–Crippen LogP) is 6.06. The quantitative estimate of drug-likeness (QED) is 0.331. The first-order valence-electron chi connectivity index (χ1n) is 7.58. The van der Waals surface area contributed by atoms with Gasteiger partial charge in [0.05, 0.1) is 6.07 Å². The molecular formula is C16H30ClN. The first-order chi connectivity index (χ1) is 8.52. The average Bonchev–Trinajstić information content (AvgIpc) is 2.30. The van der Waals surface area contributed by atoms with E-state index in [2.05, 4.69) is 26.8 Å². The van der Waals surface area contributed by atoms with E-state index in [4.69, 9.17) is 16.9 Å². The summed E-state index contributed by atoms with van der Waals surface area (Å²) in [7, 11) is 0. The standard InChI is InChI=1S/C16H30ClN/c1-4-5-6-7-8-9-12-15(16(2,3)17)13-10-11-14-18/h15H,4-13H2,1-3H3. The van der Waals surface area contributed by atoms with Crippen molar-refractivity contribution in [3.63, 3.8) is 0 Å². The van der Waals surface area contributed by atoms with Crippen molar-refractivity contribution in [3.8, 4) is 6.07 Å². The molecule has 0 saturated carbocycles. The van der Waals surface area contributed by atoms with E-state index in [1.165, 1.54) is 44.9 Å². The highest BCUT2D eigenvalue weighted by atomic mass is 35.5. The normalized spacial score (nSPS) is 13.3. The molecule has 0 aliphatic carbocycles. The highest BCUT2D eigenvalue weighted by Crippen LogP contribution is 2.33. The summed E-state index contributed by atoms with van der Waals surface area (Å²) in [6.45, 7) is 6.48. The Morgan fingerprint density at radius 1 is 1.00 bits per heavy atom. The molecule has 0 aromatic heterocycles. The van der Waals surface area contributed by atoms with Gasteiger partial charge in [-0.3, -0.25) is 0 Å². The van der Waals surface area contributed by atoms with Crippen molar-refractivity contribution in [2.24, 2.45) is 5.92 Å². The Hall–Kier alpha value is -0.220. The minimum absolute atomic E-state index is 0.126. The molecule has 0 aromatic carbocycles. The molecule has 0 saturated heterocycles. The van der Waals surface area contributed by atoms with Gasteiger partial charge in [0.15, 0.2) is 0 Å². The summed E-state index contributed by atoms with van der Waals surface area (Å²) in [4.78, 5) is -0.126. The third-order valence-electron chi connectivity index (χ3n) is 3.72. The summed E-state index contributed by atoms with van der Waals surface area (Å²) < 4.78 is 0. The number of hydrogen-bond acceptors (Lipinski definition) is 1. The highest BCUT2D eigenvalue weighted by molar-refractivity contribution is 6.23. The second-order valence-corrected chi connectivity index (χ2v) is 6.84. The molecule has 0 rings (SSSR count). The fraction of sp³-hybridized carbons (Fsp3) is 0.938. The largest absolute Gasteiger partial charge is 0.198 e. The van der Waals surface area contributed by atoms with Crippen LogP contribution in [0.2, 0.25) is 0 Å². The first-order valence-corrected chi connectivity index (χ1v) is 7.96. The summed E-state index contributed by atoms with van der Waals surface area (Å²) >= 11 is 6.46. The van der Waals surface area contributed by atoms with Gasteiger partial charge in [-0.05, 0) is 39.0 Å². The molecular weight excluding hydrogens is 242 g/mol. The Morgan fingerprint density at radius 2 is 1.56 bits per heavy atom. The third-order valence-corrected chi connectivity index (χ3v) is 4.03. The number of alkyl halides is 1. The molecule has 1 nitrogen and oxygen atoms in total. The Bertz CT molecular complexity index is 224. The molecule has 0 aliphatic rings. The fourth-order valence-electron chi connectivity index (χ4n) is 2.43. The number of unbranched alkanes of at least 4 members (excludes halogenated alkanes) is 6. The minimum atomic E-state index is -0.126. The van der Waals surface area contributed by atoms with Crippen LogP contribution in [0, 0.1) is 17.2 Å². The maximum absolute atomic E-state index is 8.60. The van der Waals surface area contributed by atoms with Crippen LogP contribution in [0.4, 0.5) is 0 Å². The van der Waals surface area contributed by atoms with Gasteiger partial charge in [-0.1, -0.05) is 45.4 Å². The van der Waals surface area contributed by atoms with Crippen molar-refractivity contribution in [2.45, 2.75) is 89.9 Å². The van der Waals surface area contributed by atoms with Crippen LogP contribution in [0.1, 0.15) is 85.0 Å². The number of halogens is 1. The molecule has 0 amide bonds. The van der Waals surface area contributed by atoms with Crippen LogP contribution >= 0.6 is 11.6 Å². The van der Waals surface area contributed by atoms with E-state index in [0.29, 0.717) is 12.3 Å². The molecule has 0 spiro atoms. The lowest BCUT2D eigenvalue weighted by atomic mass is 9.85. The molecule has 0 N–H and O–H groups in total. The highest BCUT2D eigenvalue weighted by Gasteiger charge is 2.25. The second-order valence-electron chi connectivity index (χ2n) is 5.87. The lowest BCUT2D eigenvalue weighted by Gasteiger charge is -2.28. The Labute approximate surface area is 119 Å². The van der Waals surface area contributed by atoms with Crippen molar-refractivity contribution in [2.75, 3.05) is 0 Å². The summed E-state index contributed by atoms with van der Waals surface area (Å²) in [6, 6.07) is 2.22. The molecule has 1 atom stereocenters.